The van der Waals surface area contributed by atoms with Crippen molar-refractivity contribution in [1.29, 1.82) is 0 Å². The molecule has 1 aliphatic rings. The van der Waals surface area contributed by atoms with Crippen molar-refractivity contribution in [3.63, 3.8) is 0 Å². The summed E-state index contributed by atoms with van der Waals surface area (Å²) in [7, 11) is -2.39. The largest absolute Gasteiger partial charge is 0.496 e. The summed E-state index contributed by atoms with van der Waals surface area (Å²) in [4.78, 5) is 17.8. The Hall–Kier alpha value is -3.46. The molecular formula is C30H35N3O4S. The molecule has 7 nitrogen and oxygen atoms in total. The van der Waals surface area contributed by atoms with E-state index >= 15 is 0 Å². The number of hydrogen-bond acceptors (Lipinski definition) is 5. The molecule has 0 aliphatic carbocycles. The lowest BCUT2D eigenvalue weighted by Crippen LogP contribution is -2.55. The third-order valence-electron chi connectivity index (χ3n) is 6.71. The van der Waals surface area contributed by atoms with E-state index in [4.69, 9.17) is 4.74 Å². The van der Waals surface area contributed by atoms with Gasteiger partial charge in [0.2, 0.25) is 15.9 Å². The van der Waals surface area contributed by atoms with Crippen LogP contribution >= 0.6 is 0 Å². The van der Waals surface area contributed by atoms with E-state index in [1.165, 1.54) is 6.07 Å². The Bertz CT molecular complexity index is 1340. The zero-order valence-electron chi connectivity index (χ0n) is 21.9. The van der Waals surface area contributed by atoms with Gasteiger partial charge in [-0.15, -0.1) is 0 Å². The highest BCUT2D eigenvalue weighted by Crippen LogP contribution is 2.22. The van der Waals surface area contributed by atoms with Crippen LogP contribution in [-0.4, -0.2) is 70.0 Å². The van der Waals surface area contributed by atoms with Crippen LogP contribution in [0.5, 0.6) is 5.75 Å². The normalized spacial score (nSPS) is 15.5. The van der Waals surface area contributed by atoms with E-state index in [1.54, 1.807) is 31.1 Å². The van der Waals surface area contributed by atoms with Crippen molar-refractivity contribution < 1.29 is 17.9 Å². The van der Waals surface area contributed by atoms with Crippen LogP contribution in [-0.2, 0) is 21.2 Å². The van der Waals surface area contributed by atoms with Gasteiger partial charge in [0.05, 0.1) is 12.0 Å². The molecule has 0 radical (unpaired) electrons. The monoisotopic (exact) mass is 533 g/mol. The summed E-state index contributed by atoms with van der Waals surface area (Å²) < 4.78 is 34.6. The molecule has 0 spiro atoms. The number of methoxy groups -OCH3 is 1. The maximum Gasteiger partial charge on any atom is 0.241 e. The lowest BCUT2D eigenvalue weighted by Gasteiger charge is -2.36. The second-order valence-corrected chi connectivity index (χ2v) is 11.1. The molecule has 1 N–H and O–H groups in total. The number of sulfonamides is 1. The summed E-state index contributed by atoms with van der Waals surface area (Å²) in [6, 6.07) is 23.4. The molecule has 3 aromatic carbocycles. The molecule has 1 atom stereocenters. The third kappa shape index (κ3) is 7.31. The second-order valence-electron chi connectivity index (χ2n) is 9.43. The van der Waals surface area contributed by atoms with Crippen molar-refractivity contribution in [3.8, 4) is 5.75 Å². The van der Waals surface area contributed by atoms with E-state index in [2.05, 4.69) is 33.9 Å². The zero-order chi connectivity index (χ0) is 27.0. The van der Waals surface area contributed by atoms with E-state index in [-0.39, 0.29) is 17.2 Å². The molecule has 38 heavy (non-hydrogen) atoms. The van der Waals surface area contributed by atoms with Gasteiger partial charge in [0.1, 0.15) is 11.8 Å². The first kappa shape index (κ1) is 27.6. The molecule has 1 unspecified atom stereocenters. The average Bonchev–Trinajstić information content (AvgIpc) is 2.94. The number of nitrogens with one attached hydrogen (secondary N) is 1. The minimum absolute atomic E-state index is 0.108. The number of rotatable bonds is 10. The molecule has 1 amide bonds. The van der Waals surface area contributed by atoms with Gasteiger partial charge in [-0.1, -0.05) is 72.8 Å². The third-order valence-corrected chi connectivity index (χ3v) is 8.18. The van der Waals surface area contributed by atoms with Gasteiger partial charge in [-0.05, 0) is 48.2 Å². The fourth-order valence-electron chi connectivity index (χ4n) is 4.58. The predicted octanol–water partition coefficient (Wildman–Crippen LogP) is 3.75. The van der Waals surface area contributed by atoms with Gasteiger partial charge in [0, 0.05) is 32.7 Å². The topological polar surface area (TPSA) is 78.9 Å². The summed E-state index contributed by atoms with van der Waals surface area (Å²) in [5.74, 6) is 0.402. The summed E-state index contributed by atoms with van der Waals surface area (Å²) in [5, 5.41) is 0. The average molecular weight is 534 g/mol. The quantitative estimate of drug-likeness (QED) is 0.430. The summed E-state index contributed by atoms with van der Waals surface area (Å²) in [5.41, 5.74) is 2.76. The maximum absolute atomic E-state index is 13.6. The molecule has 8 heteroatoms. The number of piperazine rings is 1. The lowest BCUT2D eigenvalue weighted by atomic mass is 10.1. The van der Waals surface area contributed by atoms with Crippen molar-refractivity contribution >= 4 is 22.0 Å². The molecule has 1 fully saturated rings. The Balaban J connectivity index is 1.43. The number of ether oxygens (including phenoxy) is 1. The van der Waals surface area contributed by atoms with Crippen LogP contribution in [0.1, 0.15) is 16.7 Å². The first-order valence-electron chi connectivity index (χ1n) is 12.8. The molecule has 0 bridgehead atoms. The highest BCUT2D eigenvalue weighted by molar-refractivity contribution is 7.89. The van der Waals surface area contributed by atoms with Crippen LogP contribution in [0.4, 0.5) is 0 Å². The molecule has 1 aliphatic heterocycles. The van der Waals surface area contributed by atoms with E-state index in [0.717, 1.165) is 30.8 Å². The first-order chi connectivity index (χ1) is 18.4. The standard InChI is InChI=1S/C30H35N3O4S/c1-24-22-27(15-16-29(24)37-2)38(35,36)31-28(23-26-12-7-4-8-13-26)30(34)33-20-18-32(19-21-33)17-9-14-25-10-5-3-6-11-25/h3-16,22,28,31H,17-21,23H2,1-2H3/b14-9+. The van der Waals surface area contributed by atoms with Gasteiger partial charge in [0.15, 0.2) is 0 Å². The highest BCUT2D eigenvalue weighted by atomic mass is 32.2. The molecular weight excluding hydrogens is 498 g/mol. The Morgan fingerprint density at radius 2 is 1.63 bits per heavy atom. The van der Waals surface area contributed by atoms with Crippen molar-refractivity contribution in [2.24, 2.45) is 0 Å². The van der Waals surface area contributed by atoms with Gasteiger partial charge >= 0.3 is 0 Å². The van der Waals surface area contributed by atoms with Crippen LogP contribution in [0.2, 0.25) is 0 Å². The van der Waals surface area contributed by atoms with Gasteiger partial charge in [-0.25, -0.2) is 8.42 Å². The van der Waals surface area contributed by atoms with Gasteiger partial charge in [0.25, 0.3) is 0 Å². The zero-order valence-corrected chi connectivity index (χ0v) is 22.7. The summed E-state index contributed by atoms with van der Waals surface area (Å²) in [6.07, 6.45) is 4.51. The number of amides is 1. The van der Waals surface area contributed by atoms with E-state index in [0.29, 0.717) is 24.4 Å². The van der Waals surface area contributed by atoms with Crippen molar-refractivity contribution in [2.45, 2.75) is 24.3 Å². The van der Waals surface area contributed by atoms with Crippen molar-refractivity contribution in [2.75, 3.05) is 39.8 Å². The van der Waals surface area contributed by atoms with Gasteiger partial charge in [-0.2, -0.15) is 4.72 Å². The van der Waals surface area contributed by atoms with Crippen LogP contribution < -0.4 is 9.46 Å². The fourth-order valence-corrected chi connectivity index (χ4v) is 5.85. The molecule has 0 saturated carbocycles. The predicted molar refractivity (Wildman–Crippen MR) is 150 cm³/mol. The van der Waals surface area contributed by atoms with Crippen LogP contribution in [0.15, 0.2) is 89.8 Å². The fraction of sp³-hybridized carbons (Fsp3) is 0.300. The van der Waals surface area contributed by atoms with Crippen LogP contribution in [0.3, 0.4) is 0 Å². The smallest absolute Gasteiger partial charge is 0.241 e. The molecule has 3 aromatic rings. The number of carbonyl (C=O) groups is 1. The van der Waals surface area contributed by atoms with E-state index < -0.39 is 16.1 Å². The van der Waals surface area contributed by atoms with Gasteiger partial charge in [-0.3, -0.25) is 9.69 Å². The Morgan fingerprint density at radius 3 is 2.26 bits per heavy atom. The highest BCUT2D eigenvalue weighted by Gasteiger charge is 2.31. The van der Waals surface area contributed by atoms with E-state index in [1.807, 2.05) is 48.5 Å². The minimum Gasteiger partial charge on any atom is -0.496 e. The molecule has 0 aromatic heterocycles. The number of aryl methyl sites for hydroxylation is 1. The van der Waals surface area contributed by atoms with Crippen LogP contribution in [0, 0.1) is 6.92 Å². The maximum atomic E-state index is 13.6. The first-order valence-corrected chi connectivity index (χ1v) is 14.3. The number of nitrogens with zero attached hydrogens (tertiary/aromatic N) is 2. The SMILES string of the molecule is COc1ccc(S(=O)(=O)NC(Cc2ccccc2)C(=O)N2CCN(C/C=C/c3ccccc3)CC2)cc1C. The Morgan fingerprint density at radius 1 is 0.974 bits per heavy atom. The molecule has 4 rings (SSSR count). The molecule has 200 valence electrons. The molecule has 1 saturated heterocycles. The van der Waals surface area contributed by atoms with Gasteiger partial charge < -0.3 is 9.64 Å². The van der Waals surface area contributed by atoms with E-state index in [9.17, 15) is 13.2 Å². The van der Waals surface area contributed by atoms with Crippen molar-refractivity contribution in [1.82, 2.24) is 14.5 Å². The van der Waals surface area contributed by atoms with Crippen molar-refractivity contribution in [3.05, 3.63) is 102 Å². The second kappa shape index (κ2) is 12.9. The Labute approximate surface area is 225 Å². The lowest BCUT2D eigenvalue weighted by molar-refractivity contribution is -0.134. The number of benzene rings is 3. The number of hydrogen-bond donors (Lipinski definition) is 1. The van der Waals surface area contributed by atoms with Crippen LogP contribution in [0.25, 0.3) is 6.08 Å². The Kier molecular flexibility index (Phi) is 9.33. The summed E-state index contributed by atoms with van der Waals surface area (Å²) >= 11 is 0. The molecule has 1 heterocycles. The summed E-state index contributed by atoms with van der Waals surface area (Å²) in [6.45, 7) is 5.15. The number of carbonyl (C=O) groups excluding carboxylic acids is 1. The minimum atomic E-state index is -3.93.